The maximum Gasteiger partial charge on any atom is 0.0831 e. The fraction of sp³-hybridized carbons (Fsp3) is 0.364. The molecule has 0 saturated carbocycles. The van der Waals surface area contributed by atoms with E-state index in [9.17, 15) is 0 Å². The van der Waals surface area contributed by atoms with E-state index in [4.69, 9.17) is 0 Å². The molecule has 0 spiro atoms. The lowest BCUT2D eigenvalue weighted by atomic mass is 10.4. The summed E-state index contributed by atoms with van der Waals surface area (Å²) in [6.07, 6.45) is 5.95. The smallest absolute Gasteiger partial charge is 0.0831 e. The molecule has 15 heavy (non-hydrogen) atoms. The summed E-state index contributed by atoms with van der Waals surface area (Å²) in [4.78, 5) is 0. The summed E-state index contributed by atoms with van der Waals surface area (Å²) in [5, 5.41) is 4.45. The first-order valence-corrected chi connectivity index (χ1v) is 5.16. The van der Waals surface area contributed by atoms with Crippen molar-refractivity contribution in [2.75, 3.05) is 5.43 Å². The van der Waals surface area contributed by atoms with Gasteiger partial charge < -0.3 is 5.43 Å². The Kier molecular flexibility index (Phi) is 2.76. The Bertz CT molecular complexity index is 400. The van der Waals surface area contributed by atoms with Crippen LogP contribution in [-0.2, 0) is 6.54 Å². The van der Waals surface area contributed by atoms with Gasteiger partial charge in [-0.1, -0.05) is 0 Å². The molecule has 2 aromatic heterocycles. The summed E-state index contributed by atoms with van der Waals surface area (Å²) in [5.41, 5.74) is 4.29. The first kappa shape index (κ1) is 9.83. The Balaban J connectivity index is 1.94. The van der Waals surface area contributed by atoms with Gasteiger partial charge in [0.05, 0.1) is 12.2 Å². The summed E-state index contributed by atoms with van der Waals surface area (Å²) in [6.45, 7) is 4.99. The van der Waals surface area contributed by atoms with Crippen molar-refractivity contribution < 1.29 is 0 Å². The molecular weight excluding hydrogens is 188 g/mol. The van der Waals surface area contributed by atoms with Gasteiger partial charge >= 0.3 is 0 Å². The third kappa shape index (κ3) is 2.40. The van der Waals surface area contributed by atoms with E-state index in [1.54, 1.807) is 0 Å². The van der Waals surface area contributed by atoms with Crippen LogP contribution in [0, 0.1) is 0 Å². The fourth-order valence-corrected chi connectivity index (χ4v) is 1.37. The molecule has 0 radical (unpaired) electrons. The van der Waals surface area contributed by atoms with E-state index in [0.717, 1.165) is 12.2 Å². The molecule has 0 aromatic carbocycles. The van der Waals surface area contributed by atoms with Gasteiger partial charge in [-0.3, -0.25) is 9.36 Å². The van der Waals surface area contributed by atoms with Crippen molar-refractivity contribution in [3.05, 3.63) is 42.5 Å². The molecule has 2 rings (SSSR count). The fourth-order valence-electron chi connectivity index (χ4n) is 1.37. The molecule has 0 aliphatic rings. The average molecular weight is 204 g/mol. The lowest BCUT2D eigenvalue weighted by molar-refractivity contribution is 0.526. The van der Waals surface area contributed by atoms with Crippen LogP contribution in [0.3, 0.4) is 0 Å². The third-order valence-electron chi connectivity index (χ3n) is 2.24. The van der Waals surface area contributed by atoms with Crippen molar-refractivity contribution >= 4 is 0 Å². The van der Waals surface area contributed by atoms with E-state index in [1.807, 2.05) is 46.1 Å². The van der Waals surface area contributed by atoms with Gasteiger partial charge in [-0.25, -0.2) is 0 Å². The van der Waals surface area contributed by atoms with E-state index in [2.05, 4.69) is 24.4 Å². The van der Waals surface area contributed by atoms with Crippen molar-refractivity contribution in [1.29, 1.82) is 0 Å². The summed E-state index contributed by atoms with van der Waals surface area (Å²) in [5.74, 6) is 0. The van der Waals surface area contributed by atoms with Crippen LogP contribution >= 0.6 is 0 Å². The molecule has 4 nitrogen and oxygen atoms in total. The first-order valence-electron chi connectivity index (χ1n) is 5.16. The molecule has 0 atom stereocenters. The highest BCUT2D eigenvalue weighted by atomic mass is 15.4. The highest BCUT2D eigenvalue weighted by Gasteiger charge is 2.00. The van der Waals surface area contributed by atoms with Gasteiger partial charge in [0.25, 0.3) is 0 Å². The molecule has 0 fully saturated rings. The topological polar surface area (TPSA) is 34.8 Å². The second kappa shape index (κ2) is 4.21. The average Bonchev–Trinajstić information content (AvgIpc) is 2.86. The van der Waals surface area contributed by atoms with E-state index in [-0.39, 0.29) is 0 Å². The standard InChI is InChI=1S/C11H16N4/c1-10(2)15-8-5-11(13-15)9-12-14-6-3-4-7-14/h3-8,10,12H,9H2,1-2H3. The van der Waals surface area contributed by atoms with Crippen molar-refractivity contribution in [2.24, 2.45) is 0 Å². The number of hydrogen-bond donors (Lipinski definition) is 1. The van der Waals surface area contributed by atoms with Crippen molar-refractivity contribution in [3.63, 3.8) is 0 Å². The van der Waals surface area contributed by atoms with Crippen molar-refractivity contribution in [1.82, 2.24) is 14.5 Å². The number of nitrogens with zero attached hydrogens (tertiary/aromatic N) is 3. The second-order valence-corrected chi connectivity index (χ2v) is 3.81. The maximum atomic E-state index is 4.45. The lowest BCUT2D eigenvalue weighted by Crippen LogP contribution is -2.12. The molecular formula is C11H16N4. The number of hydrogen-bond acceptors (Lipinski definition) is 2. The van der Waals surface area contributed by atoms with E-state index in [0.29, 0.717) is 6.04 Å². The number of rotatable bonds is 4. The Morgan fingerprint density at radius 2 is 2.00 bits per heavy atom. The summed E-state index contributed by atoms with van der Waals surface area (Å²) < 4.78 is 3.89. The highest BCUT2D eigenvalue weighted by molar-refractivity contribution is 5.03. The van der Waals surface area contributed by atoms with Gasteiger partial charge in [0.1, 0.15) is 0 Å². The minimum Gasteiger partial charge on any atom is -0.320 e. The highest BCUT2D eigenvalue weighted by Crippen LogP contribution is 2.04. The predicted molar refractivity (Wildman–Crippen MR) is 60.1 cm³/mol. The minimum absolute atomic E-state index is 0.422. The Morgan fingerprint density at radius 3 is 2.60 bits per heavy atom. The zero-order valence-electron chi connectivity index (χ0n) is 9.09. The molecule has 0 bridgehead atoms. The van der Waals surface area contributed by atoms with E-state index < -0.39 is 0 Å². The van der Waals surface area contributed by atoms with Crippen LogP contribution in [0.15, 0.2) is 36.8 Å². The Hall–Kier alpha value is -1.71. The van der Waals surface area contributed by atoms with Crippen LogP contribution in [0.5, 0.6) is 0 Å². The molecule has 1 N–H and O–H groups in total. The molecule has 0 amide bonds. The van der Waals surface area contributed by atoms with Crippen LogP contribution in [-0.4, -0.2) is 14.5 Å². The number of nitrogens with one attached hydrogen (secondary N) is 1. The lowest BCUT2D eigenvalue weighted by Gasteiger charge is -2.06. The molecule has 2 aromatic rings. The van der Waals surface area contributed by atoms with Crippen LogP contribution in [0.2, 0.25) is 0 Å². The quantitative estimate of drug-likeness (QED) is 0.826. The SMILES string of the molecule is CC(C)n1ccc(CNn2cccc2)n1. The maximum absolute atomic E-state index is 4.45. The van der Waals surface area contributed by atoms with Crippen molar-refractivity contribution in [3.8, 4) is 0 Å². The Morgan fingerprint density at radius 1 is 1.27 bits per heavy atom. The molecule has 0 aliphatic heterocycles. The Labute approximate surface area is 89.5 Å². The zero-order valence-corrected chi connectivity index (χ0v) is 9.09. The van der Waals surface area contributed by atoms with Crippen LogP contribution < -0.4 is 5.43 Å². The summed E-state index contributed by atoms with van der Waals surface area (Å²) >= 11 is 0. The second-order valence-electron chi connectivity index (χ2n) is 3.81. The molecule has 0 unspecified atom stereocenters. The zero-order chi connectivity index (χ0) is 10.7. The van der Waals surface area contributed by atoms with E-state index in [1.165, 1.54) is 0 Å². The predicted octanol–water partition coefficient (Wildman–Crippen LogP) is 2.01. The van der Waals surface area contributed by atoms with Crippen LogP contribution in [0.1, 0.15) is 25.6 Å². The molecule has 0 aliphatic carbocycles. The van der Waals surface area contributed by atoms with Crippen molar-refractivity contribution in [2.45, 2.75) is 26.4 Å². The van der Waals surface area contributed by atoms with Gasteiger partial charge in [-0.15, -0.1) is 0 Å². The number of aromatic nitrogens is 3. The van der Waals surface area contributed by atoms with Crippen LogP contribution in [0.25, 0.3) is 0 Å². The molecule has 2 heterocycles. The third-order valence-corrected chi connectivity index (χ3v) is 2.24. The first-order chi connectivity index (χ1) is 7.25. The minimum atomic E-state index is 0.422. The van der Waals surface area contributed by atoms with Gasteiger partial charge in [0, 0.05) is 24.6 Å². The summed E-state index contributed by atoms with van der Waals surface area (Å²) in [6, 6.07) is 6.43. The normalized spacial score (nSPS) is 10.9. The van der Waals surface area contributed by atoms with Gasteiger partial charge in [0.15, 0.2) is 0 Å². The summed E-state index contributed by atoms with van der Waals surface area (Å²) in [7, 11) is 0. The largest absolute Gasteiger partial charge is 0.320 e. The van der Waals surface area contributed by atoms with Gasteiger partial charge in [-0.2, -0.15) is 5.10 Å². The monoisotopic (exact) mass is 204 g/mol. The molecule has 0 saturated heterocycles. The molecule has 80 valence electrons. The van der Waals surface area contributed by atoms with E-state index >= 15 is 0 Å². The molecule has 4 heteroatoms. The van der Waals surface area contributed by atoms with Gasteiger partial charge in [0.2, 0.25) is 0 Å². The van der Waals surface area contributed by atoms with Gasteiger partial charge in [-0.05, 0) is 32.0 Å². The van der Waals surface area contributed by atoms with Crippen LogP contribution in [0.4, 0.5) is 0 Å².